The van der Waals surface area contributed by atoms with Crippen LogP contribution in [0.5, 0.6) is 0 Å². The maximum absolute atomic E-state index is 12.2. The molecule has 0 radical (unpaired) electrons. The summed E-state index contributed by atoms with van der Waals surface area (Å²) in [6, 6.07) is 18.0. The summed E-state index contributed by atoms with van der Waals surface area (Å²) in [6.07, 6.45) is 0.512. The zero-order valence-electron chi connectivity index (χ0n) is 13.7. The van der Waals surface area contributed by atoms with Crippen LogP contribution in [0.2, 0.25) is 0 Å². The molecule has 2 aromatic carbocycles. The molecule has 4 nitrogen and oxygen atoms in total. The lowest BCUT2D eigenvalue weighted by Gasteiger charge is -2.20. The van der Waals surface area contributed by atoms with E-state index < -0.39 is 5.60 Å². The number of nitrogens with one attached hydrogen (secondary N) is 2. The van der Waals surface area contributed by atoms with Gasteiger partial charge in [-0.3, -0.25) is 4.79 Å². The van der Waals surface area contributed by atoms with Crippen molar-refractivity contribution in [3.8, 4) is 0 Å². The van der Waals surface area contributed by atoms with Gasteiger partial charge in [-0.2, -0.15) is 11.8 Å². The summed E-state index contributed by atoms with van der Waals surface area (Å²) in [5.74, 6) is 0.975. The van der Waals surface area contributed by atoms with E-state index >= 15 is 0 Å². The van der Waals surface area contributed by atoms with Gasteiger partial charge in [-0.15, -0.1) is 0 Å². The quantitative estimate of drug-likeness (QED) is 0.776. The molecule has 2 aromatic rings. The summed E-state index contributed by atoms with van der Waals surface area (Å²) in [4.78, 5) is 12.2. The Morgan fingerprint density at radius 1 is 1.12 bits per heavy atom. The van der Waals surface area contributed by atoms with E-state index in [2.05, 4.69) is 29.7 Å². The molecule has 1 fully saturated rings. The molecule has 0 spiro atoms. The molecule has 3 rings (SSSR count). The van der Waals surface area contributed by atoms with Crippen LogP contribution in [0, 0.1) is 0 Å². The van der Waals surface area contributed by atoms with E-state index in [1.165, 1.54) is 5.56 Å². The van der Waals surface area contributed by atoms with Crippen LogP contribution in [0.15, 0.2) is 54.6 Å². The highest BCUT2D eigenvalue weighted by molar-refractivity contribution is 7.99. The average Bonchev–Trinajstić information content (AvgIpc) is 3.05. The van der Waals surface area contributed by atoms with Crippen molar-refractivity contribution in [3.05, 3.63) is 60.2 Å². The second-order valence-electron chi connectivity index (χ2n) is 6.14. The predicted molar refractivity (Wildman–Crippen MR) is 100 cm³/mol. The Kier molecular flexibility index (Phi) is 5.11. The van der Waals surface area contributed by atoms with Crippen LogP contribution in [-0.2, 0) is 4.79 Å². The fourth-order valence-electron chi connectivity index (χ4n) is 2.71. The second-order valence-corrected chi connectivity index (χ2v) is 7.25. The number of anilines is 2. The van der Waals surface area contributed by atoms with Crippen molar-refractivity contribution in [2.24, 2.45) is 0 Å². The first-order valence-electron chi connectivity index (χ1n) is 8.10. The number of hydrogen-bond acceptors (Lipinski definition) is 4. The maximum atomic E-state index is 12.2. The molecule has 0 bridgehead atoms. The number of carbonyl (C=O) groups is 1. The van der Waals surface area contributed by atoms with Gasteiger partial charge in [0.1, 0.15) is 0 Å². The van der Waals surface area contributed by atoms with Gasteiger partial charge in [0.05, 0.1) is 0 Å². The third kappa shape index (κ3) is 3.91. The lowest BCUT2D eigenvalue weighted by atomic mass is 10.0. The fourth-order valence-corrected chi connectivity index (χ4v) is 3.95. The van der Waals surface area contributed by atoms with Crippen LogP contribution in [0.1, 0.15) is 24.9 Å². The molecule has 1 amide bonds. The van der Waals surface area contributed by atoms with E-state index in [1.54, 1.807) is 11.8 Å². The first-order valence-corrected chi connectivity index (χ1v) is 9.25. The van der Waals surface area contributed by atoms with Crippen molar-refractivity contribution in [1.29, 1.82) is 0 Å². The lowest BCUT2D eigenvalue weighted by molar-refractivity contribution is -0.131. The van der Waals surface area contributed by atoms with Crippen LogP contribution < -0.4 is 10.6 Å². The molecule has 1 saturated heterocycles. The van der Waals surface area contributed by atoms with Gasteiger partial charge in [0, 0.05) is 23.2 Å². The molecule has 2 atom stereocenters. The standard InChI is InChI=1S/C19H22N2O2S/c1-14(15-5-3-2-4-6-15)20-16-7-9-17(10-8-16)21-18(22)19(23)11-12-24-13-19/h2-10,14,20,23H,11-13H2,1H3,(H,21,22)/t14-,19+/m1/s1. The van der Waals surface area contributed by atoms with Gasteiger partial charge in [-0.05, 0) is 48.9 Å². The third-order valence-corrected chi connectivity index (χ3v) is 5.42. The smallest absolute Gasteiger partial charge is 0.257 e. The molecule has 3 N–H and O–H groups in total. The van der Waals surface area contributed by atoms with E-state index in [-0.39, 0.29) is 11.9 Å². The normalized spacial score (nSPS) is 21.2. The number of benzene rings is 2. The first-order chi connectivity index (χ1) is 11.6. The van der Waals surface area contributed by atoms with E-state index in [0.29, 0.717) is 17.9 Å². The Morgan fingerprint density at radius 3 is 2.42 bits per heavy atom. The number of hydrogen-bond donors (Lipinski definition) is 3. The Hall–Kier alpha value is -1.98. The summed E-state index contributed by atoms with van der Waals surface area (Å²) >= 11 is 1.61. The van der Waals surface area contributed by atoms with Crippen molar-refractivity contribution in [3.63, 3.8) is 0 Å². The van der Waals surface area contributed by atoms with E-state index in [0.717, 1.165) is 11.4 Å². The molecule has 0 unspecified atom stereocenters. The summed E-state index contributed by atoms with van der Waals surface area (Å²) in [7, 11) is 0. The number of rotatable bonds is 5. The van der Waals surface area contributed by atoms with Gasteiger partial charge in [-0.25, -0.2) is 0 Å². The minimum absolute atomic E-state index is 0.197. The van der Waals surface area contributed by atoms with Crippen molar-refractivity contribution in [2.45, 2.75) is 25.0 Å². The number of thioether (sulfide) groups is 1. The molecule has 24 heavy (non-hydrogen) atoms. The molecule has 1 aliphatic rings. The Labute approximate surface area is 146 Å². The highest BCUT2D eigenvalue weighted by Gasteiger charge is 2.39. The zero-order chi connectivity index (χ0) is 17.0. The van der Waals surface area contributed by atoms with Gasteiger partial charge in [0.2, 0.25) is 0 Å². The fraction of sp³-hybridized carbons (Fsp3) is 0.316. The first kappa shape index (κ1) is 16.9. The Morgan fingerprint density at radius 2 is 1.79 bits per heavy atom. The topological polar surface area (TPSA) is 61.4 Å². The van der Waals surface area contributed by atoms with E-state index in [1.807, 2.05) is 42.5 Å². The summed E-state index contributed by atoms with van der Waals surface area (Å²) in [6.45, 7) is 2.11. The molecule has 0 saturated carbocycles. The molecule has 1 aliphatic heterocycles. The van der Waals surface area contributed by atoms with Crippen molar-refractivity contribution < 1.29 is 9.90 Å². The van der Waals surface area contributed by atoms with Crippen LogP contribution in [-0.4, -0.2) is 28.1 Å². The van der Waals surface area contributed by atoms with Crippen molar-refractivity contribution in [1.82, 2.24) is 0 Å². The van der Waals surface area contributed by atoms with Gasteiger partial charge < -0.3 is 15.7 Å². The summed E-state index contributed by atoms with van der Waals surface area (Å²) in [5, 5.41) is 16.5. The maximum Gasteiger partial charge on any atom is 0.257 e. The monoisotopic (exact) mass is 342 g/mol. The summed E-state index contributed by atoms with van der Waals surface area (Å²) in [5.41, 5.74) is 1.67. The molecule has 0 aliphatic carbocycles. The van der Waals surface area contributed by atoms with Crippen LogP contribution >= 0.6 is 11.8 Å². The van der Waals surface area contributed by atoms with Gasteiger partial charge in [-0.1, -0.05) is 30.3 Å². The highest BCUT2D eigenvalue weighted by Crippen LogP contribution is 2.29. The van der Waals surface area contributed by atoms with Gasteiger partial charge in [0.15, 0.2) is 5.60 Å². The van der Waals surface area contributed by atoms with E-state index in [4.69, 9.17) is 0 Å². The van der Waals surface area contributed by atoms with E-state index in [9.17, 15) is 9.90 Å². The molecular weight excluding hydrogens is 320 g/mol. The molecule has 126 valence electrons. The van der Waals surface area contributed by atoms with Crippen LogP contribution in [0.3, 0.4) is 0 Å². The van der Waals surface area contributed by atoms with Crippen molar-refractivity contribution in [2.75, 3.05) is 22.1 Å². The van der Waals surface area contributed by atoms with Crippen LogP contribution in [0.25, 0.3) is 0 Å². The average molecular weight is 342 g/mol. The van der Waals surface area contributed by atoms with Gasteiger partial charge >= 0.3 is 0 Å². The SMILES string of the molecule is C[C@@H](Nc1ccc(NC(=O)[C@]2(O)CCSC2)cc1)c1ccccc1. The highest BCUT2D eigenvalue weighted by atomic mass is 32.2. The minimum Gasteiger partial charge on any atom is -0.379 e. The molecular formula is C19H22N2O2S. The Bertz CT molecular complexity index is 682. The molecule has 1 heterocycles. The Balaban J connectivity index is 1.60. The third-order valence-electron chi connectivity index (χ3n) is 4.25. The number of carbonyl (C=O) groups excluding carboxylic acids is 1. The predicted octanol–water partition coefficient (Wildman–Crippen LogP) is 3.67. The van der Waals surface area contributed by atoms with Crippen molar-refractivity contribution >= 4 is 29.0 Å². The number of amides is 1. The lowest BCUT2D eigenvalue weighted by Crippen LogP contribution is -2.42. The van der Waals surface area contributed by atoms with Gasteiger partial charge in [0.25, 0.3) is 5.91 Å². The molecule has 5 heteroatoms. The minimum atomic E-state index is -1.23. The zero-order valence-corrected chi connectivity index (χ0v) is 14.5. The second kappa shape index (κ2) is 7.28. The van der Waals surface area contributed by atoms with Crippen LogP contribution in [0.4, 0.5) is 11.4 Å². The number of aliphatic hydroxyl groups is 1. The molecule has 0 aromatic heterocycles. The largest absolute Gasteiger partial charge is 0.379 e. The summed E-state index contributed by atoms with van der Waals surface area (Å²) < 4.78 is 0.